The van der Waals surface area contributed by atoms with Crippen LogP contribution >= 0.6 is 0 Å². The molecule has 28 heavy (non-hydrogen) atoms. The van der Waals surface area contributed by atoms with Crippen LogP contribution in [-0.2, 0) is 21.4 Å². The van der Waals surface area contributed by atoms with E-state index in [2.05, 4.69) is 32.2 Å². The summed E-state index contributed by atoms with van der Waals surface area (Å²) in [5.74, 6) is -0.146. The molecular formula is C19H26N4O4S. The standard InChI is InChI=1S/C19H26N4O4S/c1-13-18(15(3)27-21-13)28(25,26)22-14(2)19(24)20-17-9-10-23(12-17)11-16-7-5-4-6-8-16/h4-8,14,17,22H,9-12H2,1-3H3,(H,20,24)/t14-,17?/m0/s1. The van der Waals surface area contributed by atoms with Crippen molar-refractivity contribution in [3.63, 3.8) is 0 Å². The predicted octanol–water partition coefficient (Wildman–Crippen LogP) is 1.35. The minimum absolute atomic E-state index is 0.00207. The first kappa shape index (κ1) is 20.5. The van der Waals surface area contributed by atoms with Gasteiger partial charge in [0, 0.05) is 25.7 Å². The van der Waals surface area contributed by atoms with Gasteiger partial charge in [-0.05, 0) is 32.8 Å². The second-order valence-electron chi connectivity index (χ2n) is 7.21. The first-order valence-electron chi connectivity index (χ1n) is 9.28. The monoisotopic (exact) mass is 406 g/mol. The average Bonchev–Trinajstić information content (AvgIpc) is 3.21. The third-order valence-corrected chi connectivity index (χ3v) is 6.61. The maximum Gasteiger partial charge on any atom is 0.246 e. The number of sulfonamides is 1. The molecule has 1 aromatic heterocycles. The van der Waals surface area contributed by atoms with Crippen LogP contribution in [0.4, 0.5) is 0 Å². The maximum atomic E-state index is 12.5. The molecular weight excluding hydrogens is 380 g/mol. The summed E-state index contributed by atoms with van der Waals surface area (Å²) in [4.78, 5) is 14.8. The van der Waals surface area contributed by atoms with Crippen LogP contribution in [0.1, 0.15) is 30.4 Å². The Labute approximate surface area is 165 Å². The van der Waals surface area contributed by atoms with E-state index in [-0.39, 0.29) is 28.3 Å². The lowest BCUT2D eigenvalue weighted by Gasteiger charge is -2.19. The molecule has 2 N–H and O–H groups in total. The van der Waals surface area contributed by atoms with E-state index in [4.69, 9.17) is 4.52 Å². The van der Waals surface area contributed by atoms with Gasteiger partial charge in [0.2, 0.25) is 15.9 Å². The van der Waals surface area contributed by atoms with Gasteiger partial charge in [-0.15, -0.1) is 0 Å². The largest absolute Gasteiger partial charge is 0.360 e. The molecule has 2 atom stereocenters. The highest BCUT2D eigenvalue weighted by atomic mass is 32.2. The lowest BCUT2D eigenvalue weighted by molar-refractivity contribution is -0.123. The van der Waals surface area contributed by atoms with Gasteiger partial charge in [-0.2, -0.15) is 4.72 Å². The molecule has 0 saturated carbocycles. The Balaban J connectivity index is 1.53. The predicted molar refractivity (Wildman–Crippen MR) is 104 cm³/mol. The molecule has 1 fully saturated rings. The molecule has 1 aliphatic heterocycles. The third-order valence-electron chi connectivity index (χ3n) is 4.83. The van der Waals surface area contributed by atoms with Gasteiger partial charge < -0.3 is 9.84 Å². The van der Waals surface area contributed by atoms with Gasteiger partial charge in [0.25, 0.3) is 0 Å². The fourth-order valence-corrected chi connectivity index (χ4v) is 5.00. The molecule has 8 nitrogen and oxygen atoms in total. The summed E-state index contributed by atoms with van der Waals surface area (Å²) in [7, 11) is -3.89. The number of aryl methyl sites for hydroxylation is 2. The van der Waals surface area contributed by atoms with Crippen molar-refractivity contribution >= 4 is 15.9 Å². The SMILES string of the molecule is Cc1noc(C)c1S(=O)(=O)N[C@@H](C)C(=O)NC1CCN(Cc2ccccc2)C1. The van der Waals surface area contributed by atoms with Crippen LogP contribution < -0.4 is 10.0 Å². The van der Waals surface area contributed by atoms with Crippen molar-refractivity contribution in [3.05, 3.63) is 47.3 Å². The number of amides is 1. The van der Waals surface area contributed by atoms with E-state index in [1.54, 1.807) is 6.92 Å². The van der Waals surface area contributed by atoms with Gasteiger partial charge in [-0.1, -0.05) is 35.5 Å². The highest BCUT2D eigenvalue weighted by Gasteiger charge is 2.30. The Morgan fingerprint density at radius 2 is 2.04 bits per heavy atom. The maximum absolute atomic E-state index is 12.5. The highest BCUT2D eigenvalue weighted by Crippen LogP contribution is 2.19. The van der Waals surface area contributed by atoms with Crippen molar-refractivity contribution in [2.45, 2.75) is 50.7 Å². The molecule has 2 heterocycles. The lowest BCUT2D eigenvalue weighted by Crippen LogP contribution is -2.48. The Hall–Kier alpha value is -2.23. The van der Waals surface area contributed by atoms with E-state index in [0.29, 0.717) is 0 Å². The lowest BCUT2D eigenvalue weighted by atomic mass is 10.2. The molecule has 1 amide bonds. The topological polar surface area (TPSA) is 105 Å². The zero-order valence-corrected chi connectivity index (χ0v) is 17.1. The molecule has 1 unspecified atom stereocenters. The molecule has 3 rings (SSSR count). The van der Waals surface area contributed by atoms with Gasteiger partial charge in [0.15, 0.2) is 5.76 Å². The summed E-state index contributed by atoms with van der Waals surface area (Å²) < 4.78 is 32.4. The van der Waals surface area contributed by atoms with Crippen LogP contribution in [0.5, 0.6) is 0 Å². The third kappa shape index (κ3) is 4.78. The van der Waals surface area contributed by atoms with E-state index in [1.165, 1.54) is 19.4 Å². The number of hydrogen-bond donors (Lipinski definition) is 2. The Bertz CT molecular complexity index is 907. The number of carbonyl (C=O) groups is 1. The molecule has 0 aliphatic carbocycles. The van der Waals surface area contributed by atoms with E-state index in [1.807, 2.05) is 18.2 Å². The van der Waals surface area contributed by atoms with Crippen LogP contribution in [0.2, 0.25) is 0 Å². The highest BCUT2D eigenvalue weighted by molar-refractivity contribution is 7.89. The zero-order chi connectivity index (χ0) is 20.3. The number of rotatable bonds is 7. The van der Waals surface area contributed by atoms with Crippen molar-refractivity contribution in [2.75, 3.05) is 13.1 Å². The van der Waals surface area contributed by atoms with Crippen molar-refractivity contribution in [2.24, 2.45) is 0 Å². The quantitative estimate of drug-likeness (QED) is 0.719. The number of nitrogens with zero attached hydrogens (tertiary/aromatic N) is 2. The minimum Gasteiger partial charge on any atom is -0.360 e. The summed E-state index contributed by atoms with van der Waals surface area (Å²) in [6.45, 7) is 7.07. The molecule has 0 radical (unpaired) electrons. The molecule has 1 aliphatic rings. The summed E-state index contributed by atoms with van der Waals surface area (Å²) in [5.41, 5.74) is 1.50. The summed E-state index contributed by atoms with van der Waals surface area (Å²) in [5, 5.41) is 6.61. The fraction of sp³-hybridized carbons (Fsp3) is 0.474. The van der Waals surface area contributed by atoms with E-state index in [9.17, 15) is 13.2 Å². The fourth-order valence-electron chi connectivity index (χ4n) is 3.47. The zero-order valence-electron chi connectivity index (χ0n) is 16.3. The Kier molecular flexibility index (Phi) is 6.17. The number of hydrogen-bond acceptors (Lipinski definition) is 6. The first-order valence-corrected chi connectivity index (χ1v) is 10.8. The molecule has 9 heteroatoms. The number of aromatic nitrogens is 1. The molecule has 1 saturated heterocycles. The Morgan fingerprint density at radius 1 is 1.32 bits per heavy atom. The van der Waals surface area contributed by atoms with E-state index < -0.39 is 16.1 Å². The summed E-state index contributed by atoms with van der Waals surface area (Å²) in [6.07, 6.45) is 0.835. The summed E-state index contributed by atoms with van der Waals surface area (Å²) in [6, 6.07) is 9.27. The smallest absolute Gasteiger partial charge is 0.246 e. The minimum atomic E-state index is -3.89. The number of likely N-dealkylation sites (tertiary alicyclic amines) is 1. The molecule has 152 valence electrons. The van der Waals surface area contributed by atoms with Gasteiger partial charge >= 0.3 is 0 Å². The van der Waals surface area contributed by atoms with Gasteiger partial charge in [-0.3, -0.25) is 9.69 Å². The van der Waals surface area contributed by atoms with Gasteiger partial charge in [-0.25, -0.2) is 8.42 Å². The van der Waals surface area contributed by atoms with Crippen LogP contribution in [0.15, 0.2) is 39.8 Å². The van der Waals surface area contributed by atoms with Crippen LogP contribution in [0.25, 0.3) is 0 Å². The van der Waals surface area contributed by atoms with Crippen molar-refractivity contribution in [3.8, 4) is 0 Å². The average molecular weight is 407 g/mol. The molecule has 0 spiro atoms. The van der Waals surface area contributed by atoms with Crippen LogP contribution in [-0.4, -0.2) is 49.6 Å². The molecule has 1 aromatic carbocycles. The van der Waals surface area contributed by atoms with Crippen LogP contribution in [0, 0.1) is 13.8 Å². The molecule has 0 bridgehead atoms. The van der Waals surface area contributed by atoms with Crippen molar-refractivity contribution in [1.29, 1.82) is 0 Å². The normalized spacial score (nSPS) is 18.9. The second kappa shape index (κ2) is 8.42. The summed E-state index contributed by atoms with van der Waals surface area (Å²) >= 11 is 0. The van der Waals surface area contributed by atoms with Gasteiger partial charge in [0.1, 0.15) is 10.6 Å². The van der Waals surface area contributed by atoms with Gasteiger partial charge in [0.05, 0.1) is 6.04 Å². The van der Waals surface area contributed by atoms with E-state index >= 15 is 0 Å². The van der Waals surface area contributed by atoms with E-state index in [0.717, 1.165) is 26.1 Å². The van der Waals surface area contributed by atoms with Crippen molar-refractivity contribution in [1.82, 2.24) is 20.1 Å². The van der Waals surface area contributed by atoms with Crippen molar-refractivity contribution < 1.29 is 17.7 Å². The second-order valence-corrected chi connectivity index (χ2v) is 8.86. The molecule has 2 aromatic rings. The first-order chi connectivity index (χ1) is 13.3. The number of nitrogens with one attached hydrogen (secondary N) is 2. The number of benzene rings is 1. The Morgan fingerprint density at radius 3 is 2.68 bits per heavy atom. The number of carbonyl (C=O) groups excluding carboxylic acids is 1. The van der Waals surface area contributed by atoms with Crippen LogP contribution in [0.3, 0.4) is 0 Å².